The third-order valence-corrected chi connectivity index (χ3v) is 4.93. The van der Waals surface area contributed by atoms with E-state index in [1.807, 2.05) is 24.3 Å². The van der Waals surface area contributed by atoms with E-state index >= 15 is 0 Å². The fraction of sp³-hybridized carbons (Fsp3) is 0.556. The first-order chi connectivity index (χ1) is 11.1. The minimum absolute atomic E-state index is 0.0215. The SMILES string of the molecule is COc1ccccc1C[C@H](CNC(=O)[C@@H]1C[C@@H]1C1CC1)C(=O)O. The molecule has 3 rings (SSSR count). The molecule has 0 aromatic heterocycles. The Labute approximate surface area is 136 Å². The number of benzene rings is 1. The van der Waals surface area contributed by atoms with Crippen LogP contribution in [0.3, 0.4) is 0 Å². The molecule has 2 saturated carbocycles. The molecule has 0 aliphatic heterocycles. The minimum atomic E-state index is -0.897. The second-order valence-corrected chi connectivity index (χ2v) is 6.64. The van der Waals surface area contributed by atoms with E-state index in [4.69, 9.17) is 4.74 Å². The van der Waals surface area contributed by atoms with Crippen molar-refractivity contribution in [3.05, 3.63) is 29.8 Å². The largest absolute Gasteiger partial charge is 0.496 e. The molecule has 2 aliphatic carbocycles. The molecule has 2 N–H and O–H groups in total. The lowest BCUT2D eigenvalue weighted by Gasteiger charge is -2.15. The predicted octanol–water partition coefficient (Wildman–Crippen LogP) is 2.10. The molecule has 5 heteroatoms. The quantitative estimate of drug-likeness (QED) is 0.770. The molecule has 1 aromatic carbocycles. The maximum atomic E-state index is 12.1. The van der Waals surface area contributed by atoms with Gasteiger partial charge in [0.2, 0.25) is 5.91 Å². The molecule has 3 atom stereocenters. The first-order valence-electron chi connectivity index (χ1n) is 8.22. The molecule has 0 heterocycles. The smallest absolute Gasteiger partial charge is 0.308 e. The standard InChI is InChI=1S/C18H23NO4/c1-23-16-5-3-2-4-12(16)8-13(18(21)22)10-19-17(20)15-9-14(15)11-6-7-11/h2-5,11,13-15H,6-10H2,1H3,(H,19,20)(H,21,22)/t13-,14-,15-/m1/s1. The lowest BCUT2D eigenvalue weighted by molar-refractivity contribution is -0.141. The van der Waals surface area contributed by atoms with Crippen molar-refractivity contribution in [2.24, 2.45) is 23.7 Å². The summed E-state index contributed by atoms with van der Waals surface area (Å²) in [6.07, 6.45) is 3.82. The molecule has 1 amide bonds. The number of carboxylic acid groups (broad SMARTS) is 1. The molecule has 0 bridgehead atoms. The number of carboxylic acids is 1. The number of rotatable bonds is 8. The van der Waals surface area contributed by atoms with Gasteiger partial charge in [0.1, 0.15) is 5.75 Å². The molecule has 0 radical (unpaired) electrons. The molecule has 2 fully saturated rings. The number of para-hydroxylation sites is 1. The zero-order valence-corrected chi connectivity index (χ0v) is 13.3. The van der Waals surface area contributed by atoms with Gasteiger partial charge in [0, 0.05) is 12.5 Å². The van der Waals surface area contributed by atoms with Gasteiger partial charge >= 0.3 is 5.97 Å². The summed E-state index contributed by atoms with van der Waals surface area (Å²) in [5.41, 5.74) is 0.846. The van der Waals surface area contributed by atoms with Gasteiger partial charge in [-0.3, -0.25) is 9.59 Å². The Kier molecular flexibility index (Phi) is 4.55. The summed E-state index contributed by atoms with van der Waals surface area (Å²) < 4.78 is 5.27. The van der Waals surface area contributed by atoms with Gasteiger partial charge < -0.3 is 15.2 Å². The number of carbonyl (C=O) groups excluding carboxylic acids is 1. The highest BCUT2D eigenvalue weighted by molar-refractivity contribution is 5.82. The van der Waals surface area contributed by atoms with Crippen molar-refractivity contribution in [3.8, 4) is 5.75 Å². The predicted molar refractivity (Wildman–Crippen MR) is 85.2 cm³/mol. The third kappa shape index (κ3) is 3.84. The van der Waals surface area contributed by atoms with Crippen LogP contribution >= 0.6 is 0 Å². The van der Waals surface area contributed by atoms with E-state index in [0.717, 1.165) is 17.9 Å². The Bertz CT molecular complexity index is 596. The summed E-state index contributed by atoms with van der Waals surface area (Å²) >= 11 is 0. The van der Waals surface area contributed by atoms with Crippen LogP contribution in [0.15, 0.2) is 24.3 Å². The van der Waals surface area contributed by atoms with Crippen LogP contribution in [0.1, 0.15) is 24.8 Å². The molecule has 0 saturated heterocycles. The number of aliphatic carboxylic acids is 1. The number of carbonyl (C=O) groups is 2. The second-order valence-electron chi connectivity index (χ2n) is 6.64. The highest BCUT2D eigenvalue weighted by Gasteiger charge is 2.51. The molecule has 0 spiro atoms. The number of nitrogens with one attached hydrogen (secondary N) is 1. The van der Waals surface area contributed by atoms with Gasteiger partial charge in [0.05, 0.1) is 13.0 Å². The molecular weight excluding hydrogens is 294 g/mol. The van der Waals surface area contributed by atoms with Crippen molar-refractivity contribution >= 4 is 11.9 Å². The van der Waals surface area contributed by atoms with Crippen LogP contribution in [0.4, 0.5) is 0 Å². The lowest BCUT2D eigenvalue weighted by atomic mass is 9.98. The number of amides is 1. The van der Waals surface area contributed by atoms with Crippen LogP contribution in [0.2, 0.25) is 0 Å². The Balaban J connectivity index is 1.54. The van der Waals surface area contributed by atoms with Gasteiger partial charge in [0.15, 0.2) is 0 Å². The van der Waals surface area contributed by atoms with Gasteiger partial charge in [-0.05, 0) is 49.1 Å². The molecule has 124 valence electrons. The van der Waals surface area contributed by atoms with Crippen LogP contribution in [0.25, 0.3) is 0 Å². The maximum absolute atomic E-state index is 12.1. The average molecular weight is 317 g/mol. The van der Waals surface area contributed by atoms with Gasteiger partial charge in [-0.2, -0.15) is 0 Å². The van der Waals surface area contributed by atoms with Crippen LogP contribution in [0.5, 0.6) is 5.75 Å². The van der Waals surface area contributed by atoms with E-state index in [1.165, 1.54) is 12.8 Å². The molecule has 2 aliphatic rings. The number of hydrogen-bond acceptors (Lipinski definition) is 3. The normalized spacial score (nSPS) is 23.9. The van der Waals surface area contributed by atoms with Crippen molar-refractivity contribution in [2.75, 3.05) is 13.7 Å². The second kappa shape index (κ2) is 6.60. The zero-order chi connectivity index (χ0) is 16.4. The van der Waals surface area contributed by atoms with Gasteiger partial charge in [-0.1, -0.05) is 18.2 Å². The summed E-state index contributed by atoms with van der Waals surface area (Å²) in [5, 5.41) is 12.3. The zero-order valence-electron chi connectivity index (χ0n) is 13.3. The molecule has 1 aromatic rings. The van der Waals surface area contributed by atoms with Crippen molar-refractivity contribution < 1.29 is 19.4 Å². The highest BCUT2D eigenvalue weighted by atomic mass is 16.5. The summed E-state index contributed by atoms with van der Waals surface area (Å²) in [4.78, 5) is 23.6. The van der Waals surface area contributed by atoms with E-state index in [2.05, 4.69) is 5.32 Å². The van der Waals surface area contributed by atoms with Gasteiger partial charge in [0.25, 0.3) is 0 Å². The van der Waals surface area contributed by atoms with E-state index in [1.54, 1.807) is 7.11 Å². The third-order valence-electron chi connectivity index (χ3n) is 4.93. The number of hydrogen-bond donors (Lipinski definition) is 2. The van der Waals surface area contributed by atoms with E-state index in [-0.39, 0.29) is 18.4 Å². The van der Waals surface area contributed by atoms with Gasteiger partial charge in [-0.25, -0.2) is 0 Å². The van der Waals surface area contributed by atoms with E-state index < -0.39 is 11.9 Å². The monoisotopic (exact) mass is 317 g/mol. The molecule has 23 heavy (non-hydrogen) atoms. The Morgan fingerprint density at radius 3 is 2.74 bits per heavy atom. The van der Waals surface area contributed by atoms with Crippen LogP contribution in [-0.4, -0.2) is 30.6 Å². The van der Waals surface area contributed by atoms with Crippen molar-refractivity contribution in [3.63, 3.8) is 0 Å². The number of methoxy groups -OCH3 is 1. The summed E-state index contributed by atoms with van der Waals surface area (Å²) in [5.74, 6) is 0.568. The van der Waals surface area contributed by atoms with E-state index in [9.17, 15) is 14.7 Å². The fourth-order valence-electron chi connectivity index (χ4n) is 3.30. The van der Waals surface area contributed by atoms with Crippen molar-refractivity contribution in [1.29, 1.82) is 0 Å². The Morgan fingerprint density at radius 1 is 1.35 bits per heavy atom. The van der Waals surface area contributed by atoms with Crippen molar-refractivity contribution in [1.82, 2.24) is 5.32 Å². The van der Waals surface area contributed by atoms with Crippen LogP contribution in [-0.2, 0) is 16.0 Å². The minimum Gasteiger partial charge on any atom is -0.496 e. The Morgan fingerprint density at radius 2 is 2.09 bits per heavy atom. The van der Waals surface area contributed by atoms with Gasteiger partial charge in [-0.15, -0.1) is 0 Å². The summed E-state index contributed by atoms with van der Waals surface area (Å²) in [7, 11) is 1.57. The summed E-state index contributed by atoms with van der Waals surface area (Å²) in [6.45, 7) is 0.167. The molecule has 5 nitrogen and oxygen atoms in total. The number of ether oxygens (including phenoxy) is 1. The molecule has 0 unspecified atom stereocenters. The van der Waals surface area contributed by atoms with Crippen LogP contribution < -0.4 is 10.1 Å². The Hall–Kier alpha value is -2.04. The summed E-state index contributed by atoms with van der Waals surface area (Å²) in [6, 6.07) is 7.39. The van der Waals surface area contributed by atoms with Crippen molar-refractivity contribution in [2.45, 2.75) is 25.7 Å². The highest BCUT2D eigenvalue weighted by Crippen LogP contribution is 2.54. The topological polar surface area (TPSA) is 75.6 Å². The first-order valence-corrected chi connectivity index (χ1v) is 8.22. The fourth-order valence-corrected chi connectivity index (χ4v) is 3.30. The average Bonchev–Trinajstić information content (AvgIpc) is 3.42. The van der Waals surface area contributed by atoms with Crippen LogP contribution in [0, 0.1) is 23.7 Å². The maximum Gasteiger partial charge on any atom is 0.308 e. The molecular formula is C18H23NO4. The lowest BCUT2D eigenvalue weighted by Crippen LogP contribution is -2.35. The van der Waals surface area contributed by atoms with E-state index in [0.29, 0.717) is 18.1 Å². The first kappa shape index (κ1) is 15.8.